The third-order valence-corrected chi connectivity index (χ3v) is 4.87. The summed E-state index contributed by atoms with van der Waals surface area (Å²) in [6.45, 7) is 3.67. The maximum Gasteiger partial charge on any atom is 0.309 e. The van der Waals surface area contributed by atoms with Gasteiger partial charge in [0.2, 0.25) is 5.78 Å². The molecule has 0 spiro atoms. The molecule has 0 saturated carbocycles. The van der Waals surface area contributed by atoms with E-state index in [0.29, 0.717) is 28.1 Å². The minimum absolute atomic E-state index is 0.0871. The van der Waals surface area contributed by atoms with Gasteiger partial charge in [-0.1, -0.05) is 48.5 Å². The van der Waals surface area contributed by atoms with Crippen molar-refractivity contribution in [2.24, 2.45) is 7.05 Å². The molecular weight excluding hydrogens is 354 g/mol. The summed E-state index contributed by atoms with van der Waals surface area (Å²) < 4.78 is 1.62. The Morgan fingerprint density at radius 3 is 2.00 bits per heavy atom. The molecule has 0 fully saturated rings. The lowest BCUT2D eigenvalue weighted by molar-refractivity contribution is -0.136. The lowest BCUT2D eigenvalue weighted by Gasteiger charge is -2.08. The molecular formula is C23H21NO4. The topological polar surface area (TPSA) is 76.4 Å². The van der Waals surface area contributed by atoms with Gasteiger partial charge in [0.05, 0.1) is 12.1 Å². The van der Waals surface area contributed by atoms with Gasteiger partial charge >= 0.3 is 5.97 Å². The number of aromatic nitrogens is 1. The van der Waals surface area contributed by atoms with E-state index in [2.05, 4.69) is 0 Å². The van der Waals surface area contributed by atoms with Gasteiger partial charge < -0.3 is 9.67 Å². The molecule has 0 amide bonds. The predicted octanol–water partition coefficient (Wildman–Crippen LogP) is 3.73. The zero-order valence-electron chi connectivity index (χ0n) is 16.0. The van der Waals surface area contributed by atoms with E-state index in [1.54, 1.807) is 54.9 Å². The van der Waals surface area contributed by atoms with Crippen LogP contribution in [0.25, 0.3) is 0 Å². The quantitative estimate of drug-likeness (QED) is 0.666. The highest BCUT2D eigenvalue weighted by Crippen LogP contribution is 2.20. The van der Waals surface area contributed by atoms with Crippen LogP contribution in [0.4, 0.5) is 0 Å². The molecule has 1 aromatic heterocycles. The Balaban J connectivity index is 1.89. The first-order valence-corrected chi connectivity index (χ1v) is 8.91. The molecule has 5 nitrogen and oxygen atoms in total. The molecule has 142 valence electrons. The minimum Gasteiger partial charge on any atom is -0.481 e. The molecule has 2 aromatic carbocycles. The number of nitrogens with zero attached hydrogens (tertiary/aromatic N) is 1. The van der Waals surface area contributed by atoms with E-state index >= 15 is 0 Å². The first kappa shape index (κ1) is 19.3. The summed E-state index contributed by atoms with van der Waals surface area (Å²) in [5.41, 5.74) is 4.25. The smallest absolute Gasteiger partial charge is 0.309 e. The van der Waals surface area contributed by atoms with Gasteiger partial charge in [-0.2, -0.15) is 0 Å². The highest BCUT2D eigenvalue weighted by atomic mass is 16.4. The summed E-state index contributed by atoms with van der Waals surface area (Å²) in [6.07, 6.45) is -0.144. The number of hydrogen-bond acceptors (Lipinski definition) is 3. The van der Waals surface area contributed by atoms with E-state index in [1.165, 1.54) is 0 Å². The van der Waals surface area contributed by atoms with Gasteiger partial charge in [-0.05, 0) is 31.0 Å². The normalized spacial score (nSPS) is 10.7. The lowest BCUT2D eigenvalue weighted by Crippen LogP contribution is -2.12. The summed E-state index contributed by atoms with van der Waals surface area (Å²) in [4.78, 5) is 36.6. The molecule has 0 radical (unpaired) electrons. The Morgan fingerprint density at radius 2 is 1.43 bits per heavy atom. The predicted molar refractivity (Wildman–Crippen MR) is 106 cm³/mol. The number of carboxylic acid groups (broad SMARTS) is 1. The molecule has 3 aromatic rings. The first-order valence-electron chi connectivity index (χ1n) is 8.91. The van der Waals surface area contributed by atoms with Gasteiger partial charge in [0.25, 0.3) is 0 Å². The average Bonchev–Trinajstić information content (AvgIpc) is 2.94. The number of aliphatic carboxylic acids is 1. The molecule has 28 heavy (non-hydrogen) atoms. The van der Waals surface area contributed by atoms with Gasteiger partial charge in [0.15, 0.2) is 5.78 Å². The molecule has 3 rings (SSSR count). The fourth-order valence-corrected chi connectivity index (χ4v) is 3.37. The van der Waals surface area contributed by atoms with E-state index in [4.69, 9.17) is 5.11 Å². The Hall–Kier alpha value is -3.47. The number of ketones is 2. The molecule has 1 N–H and O–H groups in total. The zero-order chi connectivity index (χ0) is 20.4. The van der Waals surface area contributed by atoms with Crippen molar-refractivity contribution in [3.8, 4) is 0 Å². The molecule has 0 bridgehead atoms. The number of benzene rings is 2. The summed E-state index contributed by atoms with van der Waals surface area (Å²) in [7, 11) is 1.69. The van der Waals surface area contributed by atoms with Crippen LogP contribution in [0.15, 0.2) is 54.6 Å². The molecule has 0 atom stereocenters. The Bertz CT molecular complexity index is 1070. The van der Waals surface area contributed by atoms with Crippen LogP contribution in [0.5, 0.6) is 0 Å². The summed E-state index contributed by atoms with van der Waals surface area (Å²) in [5.74, 6) is -1.24. The maximum absolute atomic E-state index is 12.9. The highest BCUT2D eigenvalue weighted by molar-refractivity contribution is 6.12. The lowest BCUT2D eigenvalue weighted by atomic mass is 9.97. The van der Waals surface area contributed by atoms with Crippen molar-refractivity contribution in [1.82, 2.24) is 4.57 Å². The van der Waals surface area contributed by atoms with Crippen molar-refractivity contribution in [2.45, 2.75) is 20.3 Å². The molecule has 0 aliphatic carbocycles. The molecule has 0 aliphatic rings. The van der Waals surface area contributed by atoms with Gasteiger partial charge in [-0.3, -0.25) is 14.4 Å². The van der Waals surface area contributed by atoms with Crippen molar-refractivity contribution < 1.29 is 19.5 Å². The van der Waals surface area contributed by atoms with Gasteiger partial charge in [-0.25, -0.2) is 0 Å². The van der Waals surface area contributed by atoms with Crippen LogP contribution in [0.3, 0.4) is 0 Å². The van der Waals surface area contributed by atoms with Crippen LogP contribution < -0.4 is 0 Å². The van der Waals surface area contributed by atoms with Crippen molar-refractivity contribution in [2.75, 3.05) is 0 Å². The largest absolute Gasteiger partial charge is 0.481 e. The second kappa shape index (κ2) is 7.64. The Morgan fingerprint density at radius 1 is 0.857 bits per heavy atom. The average molecular weight is 375 g/mol. The molecule has 1 heterocycles. The third kappa shape index (κ3) is 3.64. The van der Waals surface area contributed by atoms with Crippen molar-refractivity contribution in [3.05, 3.63) is 93.8 Å². The number of carboxylic acids is 1. The van der Waals surface area contributed by atoms with Crippen molar-refractivity contribution in [1.29, 1.82) is 0 Å². The van der Waals surface area contributed by atoms with Crippen LogP contribution in [0.2, 0.25) is 0 Å². The summed E-state index contributed by atoms with van der Waals surface area (Å²) in [5, 5.41) is 9.01. The minimum atomic E-state index is -0.946. The zero-order valence-corrected chi connectivity index (χ0v) is 16.0. The number of rotatable bonds is 6. The van der Waals surface area contributed by atoms with Crippen LogP contribution in [-0.4, -0.2) is 27.2 Å². The Labute approximate surface area is 163 Å². The van der Waals surface area contributed by atoms with Gasteiger partial charge in [0.1, 0.15) is 0 Å². The molecule has 0 saturated heterocycles. The molecule has 0 unspecified atom stereocenters. The molecule has 0 aliphatic heterocycles. The van der Waals surface area contributed by atoms with Crippen LogP contribution in [-0.2, 0) is 18.3 Å². The Kier molecular flexibility index (Phi) is 5.27. The second-order valence-corrected chi connectivity index (χ2v) is 6.85. The molecule has 5 heteroatoms. The number of aryl methyl sites for hydroxylation is 2. The van der Waals surface area contributed by atoms with Crippen LogP contribution >= 0.6 is 0 Å². The van der Waals surface area contributed by atoms with Crippen molar-refractivity contribution >= 4 is 17.5 Å². The third-order valence-electron chi connectivity index (χ3n) is 4.87. The van der Waals surface area contributed by atoms with Gasteiger partial charge in [0, 0.05) is 29.4 Å². The van der Waals surface area contributed by atoms with Crippen LogP contribution in [0, 0.1) is 13.8 Å². The number of hydrogen-bond donors (Lipinski definition) is 1. The standard InChI is InChI=1S/C23H21NO4/c1-14-6-4-5-7-19(14)22(27)16-8-10-17(11-9-16)23(28)21-15(2)12-18(24(21)3)13-20(25)26/h4-12H,13H2,1-3H3,(H,25,26). The summed E-state index contributed by atoms with van der Waals surface area (Å²) >= 11 is 0. The van der Waals surface area contributed by atoms with E-state index in [9.17, 15) is 14.4 Å². The van der Waals surface area contributed by atoms with Crippen molar-refractivity contribution in [3.63, 3.8) is 0 Å². The fourth-order valence-electron chi connectivity index (χ4n) is 3.37. The van der Waals surface area contributed by atoms with E-state index in [-0.39, 0.29) is 18.0 Å². The number of carbonyl (C=O) groups excluding carboxylic acids is 2. The van der Waals surface area contributed by atoms with Gasteiger partial charge in [-0.15, -0.1) is 0 Å². The monoisotopic (exact) mass is 375 g/mol. The van der Waals surface area contributed by atoms with Crippen LogP contribution in [0.1, 0.15) is 48.8 Å². The van der Waals surface area contributed by atoms with E-state index in [1.807, 2.05) is 25.1 Å². The SMILES string of the molecule is Cc1ccccc1C(=O)c1ccc(C(=O)c2c(C)cc(CC(=O)O)n2C)cc1. The fraction of sp³-hybridized carbons (Fsp3) is 0.174. The second-order valence-electron chi connectivity index (χ2n) is 6.85. The first-order chi connectivity index (χ1) is 13.3. The van der Waals surface area contributed by atoms with E-state index in [0.717, 1.165) is 11.1 Å². The van der Waals surface area contributed by atoms with E-state index < -0.39 is 5.97 Å². The highest BCUT2D eigenvalue weighted by Gasteiger charge is 2.20. The number of carbonyl (C=O) groups is 3. The summed E-state index contributed by atoms with van der Waals surface area (Å²) in [6, 6.07) is 15.7. The maximum atomic E-state index is 12.9.